The number of pyridine rings is 1. The van der Waals surface area contributed by atoms with E-state index in [9.17, 15) is 19.6 Å². The normalized spacial score (nSPS) is 16.5. The Morgan fingerprint density at radius 3 is 2.43 bits per heavy atom. The van der Waals surface area contributed by atoms with Crippen molar-refractivity contribution < 1.29 is 14.3 Å². The maximum atomic E-state index is 13.6. The highest BCUT2D eigenvalue weighted by molar-refractivity contribution is 7.16. The first-order chi connectivity index (χ1) is 22.0. The zero-order valence-electron chi connectivity index (χ0n) is 27.1. The number of nitrogens with zero attached hydrogens (tertiary/aromatic N) is 6. The molecule has 1 fully saturated rings. The molecule has 1 amide bonds. The summed E-state index contributed by atoms with van der Waals surface area (Å²) < 4.78 is 13.6. The number of thiazole rings is 1. The van der Waals surface area contributed by atoms with Crippen LogP contribution in [0.4, 0.5) is 9.52 Å². The lowest BCUT2D eigenvalue weighted by Crippen LogP contribution is -2.54. The molecule has 1 N–H and O–H groups in total. The van der Waals surface area contributed by atoms with Crippen LogP contribution in [0.3, 0.4) is 0 Å². The smallest absolute Gasteiger partial charge is 0.228 e. The minimum Gasteiger partial charge on any atom is -0.389 e. The monoisotopic (exact) mass is 638 g/mol. The van der Waals surface area contributed by atoms with Crippen LogP contribution in [0.1, 0.15) is 62.4 Å². The fourth-order valence-corrected chi connectivity index (χ4v) is 6.39. The number of carbonyl (C=O) groups is 1. The highest BCUT2D eigenvalue weighted by atomic mass is 32.1. The summed E-state index contributed by atoms with van der Waals surface area (Å²) in [6, 6.07) is 12.2. The van der Waals surface area contributed by atoms with E-state index in [-0.39, 0.29) is 18.1 Å². The lowest BCUT2D eigenvalue weighted by atomic mass is 9.99. The summed E-state index contributed by atoms with van der Waals surface area (Å²) in [6.07, 6.45) is 7.77. The molecule has 1 saturated heterocycles. The summed E-state index contributed by atoms with van der Waals surface area (Å²) in [4.78, 5) is 28.6. The zero-order valence-corrected chi connectivity index (χ0v) is 28.0. The molecule has 238 valence electrons. The number of allylic oxidation sites excluding steroid dienone is 5. The number of aliphatic hydroxyl groups excluding tert-OH is 1. The summed E-state index contributed by atoms with van der Waals surface area (Å²) in [7, 11) is 1.96. The van der Waals surface area contributed by atoms with Crippen LogP contribution in [0.15, 0.2) is 77.4 Å². The number of carbonyl (C=O) groups excluding carboxylic acids is 1. The molecule has 0 saturated carbocycles. The van der Waals surface area contributed by atoms with Crippen LogP contribution in [0.5, 0.6) is 0 Å². The van der Waals surface area contributed by atoms with E-state index in [4.69, 9.17) is 9.97 Å². The van der Waals surface area contributed by atoms with Gasteiger partial charge in [-0.2, -0.15) is 5.26 Å². The first kappa shape index (κ1) is 32.8. The van der Waals surface area contributed by atoms with Gasteiger partial charge in [0.1, 0.15) is 28.3 Å². The molecule has 46 heavy (non-hydrogen) atoms. The minimum absolute atomic E-state index is 0.0325. The van der Waals surface area contributed by atoms with Gasteiger partial charge in [-0.15, -0.1) is 0 Å². The number of aryl methyl sites for hydroxylation is 1. The molecule has 10 heteroatoms. The number of aliphatic hydroxyl groups is 1. The molecule has 0 radical (unpaired) electrons. The zero-order chi connectivity index (χ0) is 33.1. The lowest BCUT2D eigenvalue weighted by Gasteiger charge is -2.36. The fourth-order valence-electron chi connectivity index (χ4n) is 5.54. The van der Waals surface area contributed by atoms with Gasteiger partial charge in [-0.05, 0) is 81.2 Å². The van der Waals surface area contributed by atoms with Crippen molar-refractivity contribution >= 4 is 27.9 Å². The first-order valence-electron chi connectivity index (χ1n) is 15.5. The number of hydrogen-bond donors (Lipinski definition) is 1. The van der Waals surface area contributed by atoms with E-state index in [1.54, 1.807) is 17.0 Å². The van der Waals surface area contributed by atoms with Crippen molar-refractivity contribution in [3.63, 3.8) is 0 Å². The standard InChI is InChI=1S/C36H39FN6O2S/c1-7-22(3)31-16-11-26(30-15-14-28(39-24(30)5)17-33(45)42-20-29(44)21-42)19-43(31)35(23(4)8-2)41(6)36-40-34(32(18-38)46-36)25-9-12-27(37)13-10-25/h9-16,19,29,44H,7-8,17,20-21H2,1-6H3/b31-22-,35-23+. The largest absolute Gasteiger partial charge is 0.389 e. The molecule has 0 aliphatic carbocycles. The second-order valence-electron chi connectivity index (χ2n) is 11.7. The van der Waals surface area contributed by atoms with E-state index < -0.39 is 6.10 Å². The minimum atomic E-state index is -0.431. The number of nitriles is 1. The van der Waals surface area contributed by atoms with Crippen LogP contribution in [0.25, 0.3) is 16.8 Å². The van der Waals surface area contributed by atoms with E-state index in [0.29, 0.717) is 40.0 Å². The van der Waals surface area contributed by atoms with Crippen LogP contribution in [-0.2, 0) is 11.2 Å². The van der Waals surface area contributed by atoms with Crippen molar-refractivity contribution in [2.45, 2.75) is 60.0 Å². The topological polar surface area (TPSA) is 96.6 Å². The Morgan fingerprint density at radius 1 is 1.11 bits per heavy atom. The van der Waals surface area contributed by atoms with Crippen molar-refractivity contribution in [2.75, 3.05) is 25.0 Å². The third-order valence-corrected chi connectivity index (χ3v) is 9.53. The molecule has 0 spiro atoms. The summed E-state index contributed by atoms with van der Waals surface area (Å²) >= 11 is 1.31. The summed E-state index contributed by atoms with van der Waals surface area (Å²) in [5.74, 6) is 0.557. The van der Waals surface area contributed by atoms with E-state index >= 15 is 0 Å². The van der Waals surface area contributed by atoms with E-state index in [1.807, 2.05) is 31.0 Å². The first-order valence-corrected chi connectivity index (χ1v) is 16.3. The molecule has 5 rings (SSSR count). The molecule has 0 bridgehead atoms. The van der Waals surface area contributed by atoms with Gasteiger partial charge in [0, 0.05) is 54.4 Å². The third-order valence-electron chi connectivity index (χ3n) is 8.50. The molecule has 2 aliphatic heterocycles. The van der Waals surface area contributed by atoms with Crippen molar-refractivity contribution in [3.05, 3.63) is 105 Å². The van der Waals surface area contributed by atoms with Gasteiger partial charge < -0.3 is 19.8 Å². The van der Waals surface area contributed by atoms with Crippen molar-refractivity contribution in [3.8, 4) is 17.3 Å². The number of β-amino-alcohol motifs (C(OH)–C–C–N with tert-alkyl or cyclic N) is 1. The average molecular weight is 639 g/mol. The van der Waals surface area contributed by atoms with Crippen LogP contribution in [0.2, 0.25) is 0 Å². The lowest BCUT2D eigenvalue weighted by molar-refractivity contribution is -0.140. The number of aromatic nitrogens is 2. The average Bonchev–Trinajstić information content (AvgIpc) is 3.48. The number of likely N-dealkylation sites (tertiary alicyclic amines) is 1. The number of amides is 1. The SMILES string of the molecule is CC/C(C)=C1/C=CC(c2ccc(CC(=O)N3CC(O)C3)nc2C)=CN1/C(=C(\C)CC)N(C)c1nc(-c2ccc(F)cc2)c(C#N)s1. The van der Waals surface area contributed by atoms with Gasteiger partial charge in [0.05, 0.1) is 18.2 Å². The van der Waals surface area contributed by atoms with Gasteiger partial charge in [-0.25, -0.2) is 9.37 Å². The van der Waals surface area contributed by atoms with Gasteiger partial charge in [0.2, 0.25) is 5.91 Å². The van der Waals surface area contributed by atoms with Crippen molar-refractivity contribution in [1.29, 1.82) is 5.26 Å². The van der Waals surface area contributed by atoms with Gasteiger partial charge in [0.25, 0.3) is 0 Å². The Balaban J connectivity index is 1.52. The molecule has 4 heterocycles. The molecule has 0 unspecified atom stereocenters. The summed E-state index contributed by atoms with van der Waals surface area (Å²) in [6.45, 7) is 11.2. The van der Waals surface area contributed by atoms with Crippen LogP contribution >= 0.6 is 11.3 Å². The number of hydrogen-bond acceptors (Lipinski definition) is 8. The number of benzene rings is 1. The van der Waals surface area contributed by atoms with E-state index in [2.05, 4.69) is 57.0 Å². The predicted molar refractivity (Wildman–Crippen MR) is 181 cm³/mol. The van der Waals surface area contributed by atoms with Gasteiger partial charge in [-0.3, -0.25) is 9.78 Å². The molecule has 3 aromatic rings. The molecule has 2 aliphatic rings. The van der Waals surface area contributed by atoms with Crippen molar-refractivity contribution in [1.82, 2.24) is 19.8 Å². The molecule has 1 aromatic carbocycles. The highest BCUT2D eigenvalue weighted by Crippen LogP contribution is 2.38. The quantitative estimate of drug-likeness (QED) is 0.271. The van der Waals surface area contributed by atoms with Crippen LogP contribution < -0.4 is 4.90 Å². The number of anilines is 1. The summed E-state index contributed by atoms with van der Waals surface area (Å²) in [5.41, 5.74) is 8.07. The summed E-state index contributed by atoms with van der Waals surface area (Å²) in [5, 5.41) is 20.2. The Bertz CT molecular complexity index is 1810. The Morgan fingerprint density at radius 2 is 1.83 bits per heavy atom. The molecular weight excluding hydrogens is 600 g/mol. The fraction of sp³-hybridized carbons (Fsp3) is 0.333. The maximum Gasteiger partial charge on any atom is 0.228 e. The maximum absolute atomic E-state index is 13.6. The highest BCUT2D eigenvalue weighted by Gasteiger charge is 2.29. The number of halogens is 1. The van der Waals surface area contributed by atoms with Gasteiger partial charge >= 0.3 is 0 Å². The van der Waals surface area contributed by atoms with E-state index in [0.717, 1.165) is 46.8 Å². The Labute approximate surface area is 274 Å². The number of rotatable bonds is 9. The van der Waals surface area contributed by atoms with Crippen LogP contribution in [-0.4, -0.2) is 57.0 Å². The van der Waals surface area contributed by atoms with Gasteiger partial charge in [0.15, 0.2) is 5.13 Å². The predicted octanol–water partition coefficient (Wildman–Crippen LogP) is 6.94. The van der Waals surface area contributed by atoms with Crippen molar-refractivity contribution in [2.24, 2.45) is 0 Å². The second-order valence-corrected chi connectivity index (χ2v) is 12.7. The third kappa shape index (κ3) is 6.66. The van der Waals surface area contributed by atoms with E-state index in [1.165, 1.54) is 29.0 Å². The Hall–Kier alpha value is -4.59. The van der Waals surface area contributed by atoms with Crippen LogP contribution in [0, 0.1) is 24.1 Å². The molecule has 0 atom stereocenters. The molecular formula is C36H39FN6O2S. The molecule has 8 nitrogen and oxygen atoms in total. The van der Waals surface area contributed by atoms with Gasteiger partial charge in [-0.1, -0.05) is 37.3 Å². The molecule has 2 aromatic heterocycles. The second kappa shape index (κ2) is 13.8. The Kier molecular flexibility index (Phi) is 9.85.